The Hall–Kier alpha value is -0.610. The summed E-state index contributed by atoms with van der Waals surface area (Å²) in [5.41, 5.74) is 0. The van der Waals surface area contributed by atoms with Crippen molar-refractivity contribution in [3.8, 4) is 0 Å². The van der Waals surface area contributed by atoms with Gasteiger partial charge in [0.25, 0.3) is 0 Å². The largest absolute Gasteiger partial charge is 0.345 e. The maximum atomic E-state index is 4.69. The fraction of sp³-hybridized carbons (Fsp3) is 0.824. The van der Waals surface area contributed by atoms with Crippen LogP contribution in [0.4, 0.5) is 5.13 Å². The second-order valence-electron chi connectivity index (χ2n) is 6.65. The lowest BCUT2D eigenvalue weighted by Crippen LogP contribution is -2.37. The van der Waals surface area contributed by atoms with Crippen LogP contribution in [0.3, 0.4) is 0 Å². The van der Waals surface area contributed by atoms with Crippen molar-refractivity contribution in [2.45, 2.75) is 67.0 Å². The van der Waals surface area contributed by atoms with Crippen molar-refractivity contribution >= 4 is 16.5 Å². The van der Waals surface area contributed by atoms with Gasteiger partial charge in [0.1, 0.15) is 0 Å². The molecular weight excluding hydrogens is 278 g/mol. The normalized spacial score (nSPS) is 11.9. The second kappa shape index (κ2) is 9.42. The molecule has 0 saturated carbocycles. The van der Waals surface area contributed by atoms with E-state index < -0.39 is 0 Å². The van der Waals surface area contributed by atoms with Gasteiger partial charge in [-0.2, -0.15) is 0 Å². The van der Waals surface area contributed by atoms with Crippen LogP contribution < -0.4 is 10.2 Å². The number of nitrogens with one attached hydrogen (secondary N) is 1. The topological polar surface area (TPSA) is 28.2 Å². The maximum absolute atomic E-state index is 4.69. The molecule has 1 N–H and O–H groups in total. The SMILES string of the molecule is CCC(CC)N(CC(C)C)c1ncc(CNCC(C)C)s1. The third-order valence-electron chi connectivity index (χ3n) is 3.58. The predicted molar refractivity (Wildman–Crippen MR) is 95.2 cm³/mol. The summed E-state index contributed by atoms with van der Waals surface area (Å²) < 4.78 is 0. The van der Waals surface area contributed by atoms with Crippen LogP contribution in [0.2, 0.25) is 0 Å². The van der Waals surface area contributed by atoms with E-state index in [1.165, 1.54) is 22.9 Å². The monoisotopic (exact) mass is 311 g/mol. The zero-order valence-corrected chi connectivity index (χ0v) is 15.5. The van der Waals surface area contributed by atoms with Crippen molar-refractivity contribution in [1.29, 1.82) is 0 Å². The van der Waals surface area contributed by atoms with Gasteiger partial charge in [-0.3, -0.25) is 0 Å². The molecule has 0 saturated heterocycles. The second-order valence-corrected chi connectivity index (χ2v) is 7.74. The van der Waals surface area contributed by atoms with E-state index in [1.807, 2.05) is 17.5 Å². The third kappa shape index (κ3) is 6.35. The van der Waals surface area contributed by atoms with Crippen molar-refractivity contribution in [3.05, 3.63) is 11.1 Å². The number of hydrogen-bond donors (Lipinski definition) is 1. The Morgan fingerprint density at radius 1 is 1.14 bits per heavy atom. The molecule has 0 aromatic carbocycles. The van der Waals surface area contributed by atoms with E-state index in [2.05, 4.69) is 56.7 Å². The van der Waals surface area contributed by atoms with Gasteiger partial charge < -0.3 is 10.2 Å². The molecule has 0 atom stereocenters. The summed E-state index contributed by atoms with van der Waals surface area (Å²) in [7, 11) is 0. The van der Waals surface area contributed by atoms with Crippen LogP contribution in [0.25, 0.3) is 0 Å². The fourth-order valence-electron chi connectivity index (χ4n) is 2.50. The van der Waals surface area contributed by atoms with Crippen LogP contribution in [0.15, 0.2) is 6.20 Å². The first-order chi connectivity index (χ1) is 9.97. The van der Waals surface area contributed by atoms with Crippen LogP contribution in [0, 0.1) is 11.8 Å². The van der Waals surface area contributed by atoms with Gasteiger partial charge in [-0.05, 0) is 31.2 Å². The summed E-state index contributed by atoms with van der Waals surface area (Å²) in [6.07, 6.45) is 4.41. The lowest BCUT2D eigenvalue weighted by molar-refractivity contribution is 0.507. The standard InChI is InChI=1S/C17H33N3S/c1-7-15(8-2)20(12-14(5)6)17-19-11-16(21-17)10-18-9-13(3)4/h11,13-15,18H,7-10,12H2,1-6H3. The van der Waals surface area contributed by atoms with Crippen LogP contribution in [0.1, 0.15) is 59.3 Å². The number of nitrogens with zero attached hydrogens (tertiary/aromatic N) is 2. The van der Waals surface area contributed by atoms with E-state index in [0.29, 0.717) is 17.9 Å². The Bertz CT molecular complexity index is 383. The lowest BCUT2D eigenvalue weighted by Gasteiger charge is -2.31. The molecule has 122 valence electrons. The summed E-state index contributed by atoms with van der Waals surface area (Å²) in [5, 5.41) is 4.70. The molecular formula is C17H33N3S. The molecule has 0 radical (unpaired) electrons. The summed E-state index contributed by atoms with van der Waals surface area (Å²) in [6, 6.07) is 0.607. The maximum Gasteiger partial charge on any atom is 0.185 e. The predicted octanol–water partition coefficient (Wildman–Crippen LogP) is 4.54. The Kier molecular flexibility index (Phi) is 8.27. The molecule has 0 unspecified atom stereocenters. The first-order valence-corrected chi connectivity index (χ1v) is 9.21. The lowest BCUT2D eigenvalue weighted by atomic mass is 10.1. The van der Waals surface area contributed by atoms with E-state index in [1.54, 1.807) is 0 Å². The van der Waals surface area contributed by atoms with Crippen LogP contribution in [0.5, 0.6) is 0 Å². The molecule has 0 aliphatic carbocycles. The minimum absolute atomic E-state index is 0.607. The zero-order valence-electron chi connectivity index (χ0n) is 14.6. The van der Waals surface area contributed by atoms with E-state index in [4.69, 9.17) is 0 Å². The molecule has 1 aromatic heterocycles. The highest BCUT2D eigenvalue weighted by atomic mass is 32.1. The first-order valence-electron chi connectivity index (χ1n) is 8.39. The molecule has 4 heteroatoms. The van der Waals surface area contributed by atoms with Gasteiger partial charge in [0.2, 0.25) is 0 Å². The quantitative estimate of drug-likeness (QED) is 0.687. The molecule has 3 nitrogen and oxygen atoms in total. The third-order valence-corrected chi connectivity index (χ3v) is 4.62. The minimum atomic E-state index is 0.607. The summed E-state index contributed by atoms with van der Waals surface area (Å²) in [5.74, 6) is 1.36. The van der Waals surface area contributed by atoms with Gasteiger partial charge in [0.15, 0.2) is 5.13 Å². The summed E-state index contributed by atoms with van der Waals surface area (Å²) >= 11 is 1.85. The first kappa shape index (κ1) is 18.4. The van der Waals surface area contributed by atoms with E-state index in [-0.39, 0.29) is 0 Å². The molecule has 1 rings (SSSR count). The fourth-order valence-corrected chi connectivity index (χ4v) is 3.46. The average molecular weight is 312 g/mol. The summed E-state index contributed by atoms with van der Waals surface area (Å²) in [4.78, 5) is 8.54. The molecule has 0 amide bonds. The van der Waals surface area contributed by atoms with Gasteiger partial charge >= 0.3 is 0 Å². The van der Waals surface area contributed by atoms with Crippen molar-refractivity contribution in [2.75, 3.05) is 18.0 Å². The van der Waals surface area contributed by atoms with Crippen molar-refractivity contribution in [1.82, 2.24) is 10.3 Å². The summed E-state index contributed by atoms with van der Waals surface area (Å²) in [6.45, 7) is 16.7. The molecule has 21 heavy (non-hydrogen) atoms. The molecule has 1 heterocycles. The number of hydrogen-bond acceptors (Lipinski definition) is 4. The van der Waals surface area contributed by atoms with Crippen molar-refractivity contribution < 1.29 is 0 Å². The van der Waals surface area contributed by atoms with Gasteiger partial charge in [-0.1, -0.05) is 41.5 Å². The van der Waals surface area contributed by atoms with Crippen LogP contribution in [-0.4, -0.2) is 24.1 Å². The molecule has 0 aliphatic rings. The Morgan fingerprint density at radius 2 is 1.81 bits per heavy atom. The highest BCUT2D eigenvalue weighted by molar-refractivity contribution is 7.15. The van der Waals surface area contributed by atoms with Crippen molar-refractivity contribution in [3.63, 3.8) is 0 Å². The van der Waals surface area contributed by atoms with Gasteiger partial charge in [0, 0.05) is 30.2 Å². The Labute approximate surface area is 135 Å². The Balaban J connectivity index is 2.72. The van der Waals surface area contributed by atoms with E-state index >= 15 is 0 Å². The van der Waals surface area contributed by atoms with Crippen LogP contribution in [-0.2, 0) is 6.54 Å². The highest BCUT2D eigenvalue weighted by Crippen LogP contribution is 2.27. The minimum Gasteiger partial charge on any atom is -0.345 e. The molecule has 0 bridgehead atoms. The smallest absolute Gasteiger partial charge is 0.185 e. The molecule has 1 aromatic rings. The molecule has 0 aliphatic heterocycles. The van der Waals surface area contributed by atoms with E-state index in [0.717, 1.165) is 19.6 Å². The molecule has 0 fully saturated rings. The van der Waals surface area contributed by atoms with Gasteiger partial charge in [-0.25, -0.2) is 4.98 Å². The number of thiazole rings is 1. The molecule has 0 spiro atoms. The van der Waals surface area contributed by atoms with Crippen LogP contribution >= 0.6 is 11.3 Å². The van der Waals surface area contributed by atoms with E-state index in [9.17, 15) is 0 Å². The van der Waals surface area contributed by atoms with Gasteiger partial charge in [-0.15, -0.1) is 11.3 Å². The average Bonchev–Trinajstić information content (AvgIpc) is 2.86. The number of rotatable bonds is 10. The zero-order chi connectivity index (χ0) is 15.8. The number of anilines is 1. The van der Waals surface area contributed by atoms with Crippen molar-refractivity contribution in [2.24, 2.45) is 11.8 Å². The highest BCUT2D eigenvalue weighted by Gasteiger charge is 2.19. The van der Waals surface area contributed by atoms with Gasteiger partial charge in [0.05, 0.1) is 0 Å². The number of aromatic nitrogens is 1. The Morgan fingerprint density at radius 3 is 2.33 bits per heavy atom.